The summed E-state index contributed by atoms with van der Waals surface area (Å²) in [6.45, 7) is 1.75. The Labute approximate surface area is 87.8 Å². The van der Waals surface area contributed by atoms with E-state index in [2.05, 4.69) is 4.98 Å². The van der Waals surface area contributed by atoms with Gasteiger partial charge in [-0.1, -0.05) is 0 Å². The Morgan fingerprint density at radius 2 is 2.47 bits per heavy atom. The monoisotopic (exact) mass is 207 g/mol. The number of aromatic nitrogens is 1. The SMILES string of the molecule is Nc1ccc(C2CN(C=O)CCO2)nc1. The summed E-state index contributed by atoms with van der Waals surface area (Å²) in [7, 11) is 0. The van der Waals surface area contributed by atoms with Crippen molar-refractivity contribution in [2.75, 3.05) is 25.4 Å². The van der Waals surface area contributed by atoms with E-state index in [4.69, 9.17) is 10.5 Å². The molecule has 0 aliphatic carbocycles. The maximum absolute atomic E-state index is 10.6. The van der Waals surface area contributed by atoms with Crippen molar-refractivity contribution in [3.8, 4) is 0 Å². The summed E-state index contributed by atoms with van der Waals surface area (Å²) < 4.78 is 5.53. The number of rotatable bonds is 2. The van der Waals surface area contributed by atoms with E-state index in [-0.39, 0.29) is 6.10 Å². The van der Waals surface area contributed by atoms with Crippen LogP contribution in [-0.2, 0) is 9.53 Å². The van der Waals surface area contributed by atoms with Crippen LogP contribution in [0.4, 0.5) is 5.69 Å². The minimum atomic E-state index is -0.135. The Morgan fingerprint density at radius 1 is 1.60 bits per heavy atom. The molecule has 1 aliphatic heterocycles. The summed E-state index contributed by atoms with van der Waals surface area (Å²) in [6.07, 6.45) is 2.30. The van der Waals surface area contributed by atoms with Gasteiger partial charge in [0.2, 0.25) is 6.41 Å². The van der Waals surface area contributed by atoms with Crippen LogP contribution >= 0.6 is 0 Å². The number of hydrogen-bond donors (Lipinski definition) is 1. The molecule has 1 fully saturated rings. The molecule has 2 heterocycles. The van der Waals surface area contributed by atoms with Crippen molar-refractivity contribution in [3.63, 3.8) is 0 Å². The first-order valence-corrected chi connectivity index (χ1v) is 4.82. The van der Waals surface area contributed by atoms with Gasteiger partial charge in [0, 0.05) is 6.54 Å². The molecule has 1 aromatic rings. The molecule has 1 unspecified atom stereocenters. The number of ether oxygens (including phenoxy) is 1. The van der Waals surface area contributed by atoms with E-state index >= 15 is 0 Å². The van der Waals surface area contributed by atoms with Crippen LogP contribution in [0.15, 0.2) is 18.3 Å². The third kappa shape index (κ3) is 2.24. The third-order valence-electron chi connectivity index (χ3n) is 2.39. The average molecular weight is 207 g/mol. The van der Waals surface area contributed by atoms with Crippen LogP contribution in [0.1, 0.15) is 11.8 Å². The highest BCUT2D eigenvalue weighted by Crippen LogP contribution is 2.19. The summed E-state index contributed by atoms with van der Waals surface area (Å²) in [6, 6.07) is 3.61. The number of anilines is 1. The zero-order valence-corrected chi connectivity index (χ0v) is 8.30. The molecule has 0 radical (unpaired) electrons. The Kier molecular flexibility index (Phi) is 2.82. The van der Waals surface area contributed by atoms with Gasteiger partial charge in [-0.15, -0.1) is 0 Å². The Hall–Kier alpha value is -1.62. The van der Waals surface area contributed by atoms with Crippen molar-refractivity contribution in [1.82, 2.24) is 9.88 Å². The minimum absolute atomic E-state index is 0.135. The molecule has 0 spiro atoms. The number of carbonyl (C=O) groups excluding carboxylic acids is 1. The summed E-state index contributed by atoms with van der Waals surface area (Å²) in [5.41, 5.74) is 6.98. The van der Waals surface area contributed by atoms with E-state index in [0.717, 1.165) is 12.1 Å². The number of pyridine rings is 1. The molecule has 5 nitrogen and oxygen atoms in total. The van der Waals surface area contributed by atoms with Crippen LogP contribution < -0.4 is 5.73 Å². The quantitative estimate of drug-likeness (QED) is 0.703. The van der Waals surface area contributed by atoms with Gasteiger partial charge >= 0.3 is 0 Å². The number of nitrogen functional groups attached to an aromatic ring is 1. The Morgan fingerprint density at radius 3 is 3.13 bits per heavy atom. The van der Waals surface area contributed by atoms with Crippen LogP contribution in [0.2, 0.25) is 0 Å². The predicted octanol–water partition coefficient (Wildman–Crippen LogP) is 0.193. The van der Waals surface area contributed by atoms with Gasteiger partial charge in [0.25, 0.3) is 0 Å². The second kappa shape index (κ2) is 4.27. The average Bonchev–Trinajstić information content (AvgIpc) is 2.30. The molecule has 1 aliphatic rings. The first-order chi connectivity index (χ1) is 7.29. The number of carbonyl (C=O) groups is 1. The molecule has 2 N–H and O–H groups in total. The summed E-state index contributed by atoms with van der Waals surface area (Å²) in [5, 5.41) is 0. The largest absolute Gasteiger partial charge is 0.397 e. The number of nitrogens with two attached hydrogens (primary N) is 1. The number of amides is 1. The zero-order valence-electron chi connectivity index (χ0n) is 8.30. The molecule has 1 amide bonds. The number of morpholine rings is 1. The van der Waals surface area contributed by atoms with E-state index in [1.807, 2.05) is 6.07 Å². The second-order valence-electron chi connectivity index (χ2n) is 3.48. The fraction of sp³-hybridized carbons (Fsp3) is 0.400. The van der Waals surface area contributed by atoms with Gasteiger partial charge in [-0.05, 0) is 12.1 Å². The molecule has 80 valence electrons. The molecule has 1 saturated heterocycles. The molecule has 1 aromatic heterocycles. The van der Waals surface area contributed by atoms with E-state index in [0.29, 0.717) is 25.4 Å². The smallest absolute Gasteiger partial charge is 0.209 e. The second-order valence-corrected chi connectivity index (χ2v) is 3.48. The van der Waals surface area contributed by atoms with Crippen molar-refractivity contribution in [1.29, 1.82) is 0 Å². The molecule has 0 bridgehead atoms. The standard InChI is InChI=1S/C10H13N3O2/c11-8-1-2-9(12-5-8)10-6-13(7-14)3-4-15-10/h1-2,5,7,10H,3-4,6,11H2. The van der Waals surface area contributed by atoms with Crippen molar-refractivity contribution in [2.45, 2.75) is 6.10 Å². The topological polar surface area (TPSA) is 68.5 Å². The first kappa shape index (κ1) is 9.92. The lowest BCUT2D eigenvalue weighted by molar-refractivity contribution is -0.125. The van der Waals surface area contributed by atoms with Gasteiger partial charge < -0.3 is 15.4 Å². The molecule has 2 rings (SSSR count). The first-order valence-electron chi connectivity index (χ1n) is 4.82. The van der Waals surface area contributed by atoms with Crippen LogP contribution in [0.25, 0.3) is 0 Å². The van der Waals surface area contributed by atoms with Crippen LogP contribution in [0.3, 0.4) is 0 Å². The van der Waals surface area contributed by atoms with Crippen LogP contribution in [-0.4, -0.2) is 36.0 Å². The fourth-order valence-corrected chi connectivity index (χ4v) is 1.55. The van der Waals surface area contributed by atoms with Crippen LogP contribution in [0, 0.1) is 0 Å². The van der Waals surface area contributed by atoms with Crippen LogP contribution in [0.5, 0.6) is 0 Å². The van der Waals surface area contributed by atoms with E-state index in [1.54, 1.807) is 17.2 Å². The molecular weight excluding hydrogens is 194 g/mol. The summed E-state index contributed by atoms with van der Waals surface area (Å²) in [5.74, 6) is 0. The predicted molar refractivity (Wildman–Crippen MR) is 55.0 cm³/mol. The maximum Gasteiger partial charge on any atom is 0.209 e. The van der Waals surface area contributed by atoms with E-state index in [1.165, 1.54) is 0 Å². The maximum atomic E-state index is 10.6. The lowest BCUT2D eigenvalue weighted by atomic mass is 10.2. The molecule has 0 aromatic carbocycles. The molecule has 1 atom stereocenters. The summed E-state index contributed by atoms with van der Waals surface area (Å²) in [4.78, 5) is 16.5. The normalized spacial score (nSPS) is 21.3. The zero-order chi connectivity index (χ0) is 10.7. The lowest BCUT2D eigenvalue weighted by Crippen LogP contribution is -2.37. The van der Waals surface area contributed by atoms with Crippen molar-refractivity contribution in [3.05, 3.63) is 24.0 Å². The van der Waals surface area contributed by atoms with Crippen molar-refractivity contribution < 1.29 is 9.53 Å². The van der Waals surface area contributed by atoms with Gasteiger partial charge in [-0.2, -0.15) is 0 Å². The van der Waals surface area contributed by atoms with Gasteiger partial charge in [-0.3, -0.25) is 9.78 Å². The van der Waals surface area contributed by atoms with E-state index in [9.17, 15) is 4.79 Å². The van der Waals surface area contributed by atoms with E-state index < -0.39 is 0 Å². The Bertz CT molecular complexity index is 339. The highest BCUT2D eigenvalue weighted by atomic mass is 16.5. The number of hydrogen-bond acceptors (Lipinski definition) is 4. The highest BCUT2D eigenvalue weighted by molar-refractivity contribution is 5.47. The lowest BCUT2D eigenvalue weighted by Gasteiger charge is -2.29. The van der Waals surface area contributed by atoms with Gasteiger partial charge in [0.15, 0.2) is 0 Å². The summed E-state index contributed by atoms with van der Waals surface area (Å²) >= 11 is 0. The third-order valence-corrected chi connectivity index (χ3v) is 2.39. The minimum Gasteiger partial charge on any atom is -0.397 e. The van der Waals surface area contributed by atoms with Crippen molar-refractivity contribution in [2.24, 2.45) is 0 Å². The molecule has 0 saturated carbocycles. The molecular formula is C10H13N3O2. The molecule has 15 heavy (non-hydrogen) atoms. The fourth-order valence-electron chi connectivity index (χ4n) is 1.55. The number of nitrogens with zero attached hydrogens (tertiary/aromatic N) is 2. The highest BCUT2D eigenvalue weighted by Gasteiger charge is 2.21. The molecule has 5 heteroatoms. The van der Waals surface area contributed by atoms with Gasteiger partial charge in [0.05, 0.1) is 30.7 Å². The van der Waals surface area contributed by atoms with Gasteiger partial charge in [0.1, 0.15) is 6.10 Å². The van der Waals surface area contributed by atoms with Gasteiger partial charge in [-0.25, -0.2) is 0 Å². The Balaban J connectivity index is 2.09. The van der Waals surface area contributed by atoms with Crippen molar-refractivity contribution >= 4 is 12.1 Å².